The predicted molar refractivity (Wildman–Crippen MR) is 79.2 cm³/mol. The molecule has 0 aromatic carbocycles. The molecule has 20 heavy (non-hydrogen) atoms. The Kier molecular flexibility index (Phi) is 4.44. The molecule has 0 fully saturated rings. The lowest BCUT2D eigenvalue weighted by Crippen LogP contribution is -2.23. The predicted octanol–water partition coefficient (Wildman–Crippen LogP) is 2.60. The summed E-state index contributed by atoms with van der Waals surface area (Å²) in [5.41, 5.74) is -0.424. The van der Waals surface area contributed by atoms with E-state index in [1.165, 1.54) is 11.3 Å². The van der Waals surface area contributed by atoms with Gasteiger partial charge in [-0.1, -0.05) is 6.92 Å². The summed E-state index contributed by atoms with van der Waals surface area (Å²) in [7, 11) is 0. The number of Topliss-reactive ketones (excluding diaryl/α,β-unsaturated/α-hetero) is 1. The van der Waals surface area contributed by atoms with Gasteiger partial charge in [-0.3, -0.25) is 19.6 Å². The second-order valence-corrected chi connectivity index (χ2v) is 5.82. The fraction of sp³-hybridized carbons (Fsp3) is 0.429. The highest BCUT2D eigenvalue weighted by Crippen LogP contribution is 2.29. The van der Waals surface area contributed by atoms with E-state index in [0.717, 1.165) is 11.3 Å². The highest BCUT2D eigenvalue weighted by Gasteiger charge is 2.28. The number of aliphatic carboxylic acids is 1. The molecule has 0 radical (unpaired) electrons. The van der Waals surface area contributed by atoms with Gasteiger partial charge in [-0.2, -0.15) is 0 Å². The van der Waals surface area contributed by atoms with Crippen molar-refractivity contribution in [2.45, 2.75) is 38.3 Å². The normalized spacial score (nSPS) is 15.7. The zero-order valence-corrected chi connectivity index (χ0v) is 12.0. The van der Waals surface area contributed by atoms with Crippen LogP contribution < -0.4 is 0 Å². The van der Waals surface area contributed by atoms with Crippen molar-refractivity contribution in [3.8, 4) is 0 Å². The van der Waals surface area contributed by atoms with Gasteiger partial charge in [-0.15, -0.1) is 11.3 Å². The van der Waals surface area contributed by atoms with Crippen molar-refractivity contribution in [3.63, 3.8) is 0 Å². The number of carbonyl (C=O) groups is 2. The van der Waals surface area contributed by atoms with Crippen LogP contribution in [0.15, 0.2) is 22.1 Å². The summed E-state index contributed by atoms with van der Waals surface area (Å²) >= 11 is 1.40. The van der Waals surface area contributed by atoms with Gasteiger partial charge in [0.1, 0.15) is 0 Å². The van der Waals surface area contributed by atoms with E-state index in [2.05, 4.69) is 9.98 Å². The molecule has 1 aromatic heterocycles. The van der Waals surface area contributed by atoms with Crippen LogP contribution in [0.5, 0.6) is 0 Å². The molecule has 1 aliphatic heterocycles. The van der Waals surface area contributed by atoms with Crippen LogP contribution in [0.25, 0.3) is 0 Å². The third-order valence-electron chi connectivity index (χ3n) is 3.22. The van der Waals surface area contributed by atoms with Crippen LogP contribution in [0.3, 0.4) is 0 Å². The fourth-order valence-corrected chi connectivity index (χ4v) is 3.10. The molecule has 106 valence electrons. The Morgan fingerprint density at radius 2 is 1.95 bits per heavy atom. The first kappa shape index (κ1) is 14.6. The van der Waals surface area contributed by atoms with Crippen LogP contribution in [0.2, 0.25) is 0 Å². The summed E-state index contributed by atoms with van der Waals surface area (Å²) in [6.07, 6.45) is 4.81. The lowest BCUT2D eigenvalue weighted by molar-refractivity contribution is -0.136. The molecule has 2 rings (SSSR count). The van der Waals surface area contributed by atoms with Crippen molar-refractivity contribution in [2.24, 2.45) is 9.98 Å². The van der Waals surface area contributed by atoms with Crippen LogP contribution >= 0.6 is 11.3 Å². The summed E-state index contributed by atoms with van der Waals surface area (Å²) in [5, 5.41) is 8.59. The Labute approximate surface area is 121 Å². The smallest absolute Gasteiger partial charge is 0.303 e. The number of carboxylic acid groups (broad SMARTS) is 1. The average Bonchev–Trinajstić information content (AvgIpc) is 3.06. The molecule has 0 aliphatic carbocycles. The van der Waals surface area contributed by atoms with E-state index in [4.69, 9.17) is 5.11 Å². The SMILES string of the molecule is CCC1(Cc2ccc(C(=O)CCC(=O)O)s2)N=CC=N1. The van der Waals surface area contributed by atoms with E-state index in [9.17, 15) is 9.59 Å². The maximum absolute atomic E-state index is 11.8. The Hall–Kier alpha value is -1.82. The maximum Gasteiger partial charge on any atom is 0.303 e. The number of thiophene rings is 1. The number of nitrogens with zero attached hydrogens (tertiary/aromatic N) is 2. The molecule has 1 aliphatic rings. The zero-order chi connectivity index (χ0) is 14.6. The number of carbonyl (C=O) groups excluding carboxylic acids is 1. The quantitative estimate of drug-likeness (QED) is 0.784. The largest absolute Gasteiger partial charge is 0.481 e. The molecule has 0 unspecified atom stereocenters. The van der Waals surface area contributed by atoms with Gasteiger partial charge in [-0.25, -0.2) is 0 Å². The molecule has 0 saturated heterocycles. The number of carboxylic acids is 1. The van der Waals surface area contributed by atoms with Crippen molar-refractivity contribution >= 4 is 35.5 Å². The zero-order valence-electron chi connectivity index (χ0n) is 11.2. The third kappa shape index (κ3) is 3.39. The van der Waals surface area contributed by atoms with E-state index >= 15 is 0 Å². The molecule has 5 nitrogen and oxygen atoms in total. The van der Waals surface area contributed by atoms with Crippen LogP contribution in [-0.4, -0.2) is 35.0 Å². The van der Waals surface area contributed by atoms with Gasteiger partial charge in [0.25, 0.3) is 0 Å². The lowest BCUT2D eigenvalue weighted by atomic mass is 10.0. The fourth-order valence-electron chi connectivity index (χ4n) is 2.02. The minimum atomic E-state index is -0.949. The van der Waals surface area contributed by atoms with E-state index < -0.39 is 11.6 Å². The van der Waals surface area contributed by atoms with Gasteiger partial charge >= 0.3 is 5.97 Å². The van der Waals surface area contributed by atoms with E-state index in [-0.39, 0.29) is 18.6 Å². The van der Waals surface area contributed by atoms with Crippen molar-refractivity contribution in [3.05, 3.63) is 21.9 Å². The molecular formula is C14H16N2O3S. The number of hydrogen-bond donors (Lipinski definition) is 1. The van der Waals surface area contributed by atoms with Gasteiger partial charge in [-0.05, 0) is 18.6 Å². The standard InChI is InChI=1S/C14H16N2O3S/c1-2-14(15-7-8-16-14)9-10-3-5-12(20-10)11(17)4-6-13(18)19/h3,5,7-8H,2,4,6,9H2,1H3,(H,18,19). The molecule has 2 heterocycles. The minimum absolute atomic E-state index is 0.0461. The summed E-state index contributed by atoms with van der Waals surface area (Å²) in [6.45, 7) is 2.03. The summed E-state index contributed by atoms with van der Waals surface area (Å²) in [4.78, 5) is 32.7. The molecule has 0 spiro atoms. The third-order valence-corrected chi connectivity index (χ3v) is 4.35. The van der Waals surface area contributed by atoms with Gasteiger partial charge in [0.2, 0.25) is 0 Å². The monoisotopic (exact) mass is 292 g/mol. The highest BCUT2D eigenvalue weighted by atomic mass is 32.1. The van der Waals surface area contributed by atoms with Gasteiger partial charge < -0.3 is 5.11 Å². The Morgan fingerprint density at radius 3 is 2.55 bits per heavy atom. The molecule has 1 N–H and O–H groups in total. The average molecular weight is 292 g/mol. The van der Waals surface area contributed by atoms with Gasteiger partial charge in [0, 0.05) is 30.1 Å². The van der Waals surface area contributed by atoms with Crippen molar-refractivity contribution < 1.29 is 14.7 Å². The van der Waals surface area contributed by atoms with Crippen LogP contribution in [0.1, 0.15) is 40.7 Å². The molecule has 0 amide bonds. The number of aliphatic imine (C=N–C) groups is 2. The summed E-state index contributed by atoms with van der Waals surface area (Å²) < 4.78 is 0. The first-order valence-corrected chi connectivity index (χ1v) is 7.29. The molecular weight excluding hydrogens is 276 g/mol. The minimum Gasteiger partial charge on any atom is -0.481 e. The number of ketones is 1. The summed E-state index contributed by atoms with van der Waals surface area (Å²) in [6, 6.07) is 3.66. The first-order chi connectivity index (χ1) is 9.54. The molecule has 0 saturated carbocycles. The second-order valence-electron chi connectivity index (χ2n) is 4.65. The first-order valence-electron chi connectivity index (χ1n) is 6.47. The Bertz CT molecular complexity index is 563. The van der Waals surface area contributed by atoms with Crippen molar-refractivity contribution in [1.29, 1.82) is 0 Å². The van der Waals surface area contributed by atoms with E-state index in [1.807, 2.05) is 13.0 Å². The van der Waals surface area contributed by atoms with Crippen LogP contribution in [0.4, 0.5) is 0 Å². The Morgan fingerprint density at radius 1 is 1.25 bits per heavy atom. The maximum atomic E-state index is 11.8. The van der Waals surface area contributed by atoms with Crippen LogP contribution in [0, 0.1) is 0 Å². The molecule has 6 heteroatoms. The van der Waals surface area contributed by atoms with Gasteiger partial charge in [0.05, 0.1) is 11.3 Å². The topological polar surface area (TPSA) is 79.1 Å². The molecule has 0 atom stereocenters. The lowest BCUT2D eigenvalue weighted by Gasteiger charge is -2.20. The number of rotatable bonds is 7. The Balaban J connectivity index is 2.02. The van der Waals surface area contributed by atoms with Crippen molar-refractivity contribution in [2.75, 3.05) is 0 Å². The van der Waals surface area contributed by atoms with E-state index in [0.29, 0.717) is 11.3 Å². The highest BCUT2D eigenvalue weighted by molar-refractivity contribution is 7.14. The molecule has 0 bridgehead atoms. The van der Waals surface area contributed by atoms with Gasteiger partial charge in [0.15, 0.2) is 11.4 Å². The van der Waals surface area contributed by atoms with Crippen LogP contribution in [-0.2, 0) is 11.2 Å². The summed E-state index contributed by atoms with van der Waals surface area (Å²) in [5.74, 6) is -1.07. The second kappa shape index (κ2) is 6.09. The van der Waals surface area contributed by atoms with Crippen molar-refractivity contribution in [1.82, 2.24) is 0 Å². The molecule has 1 aromatic rings. The number of hydrogen-bond acceptors (Lipinski definition) is 5. The van der Waals surface area contributed by atoms with E-state index in [1.54, 1.807) is 18.5 Å².